The van der Waals surface area contributed by atoms with E-state index in [0.29, 0.717) is 0 Å². The average molecular weight is 191 g/mol. The Balaban J connectivity index is 1.81. The maximum Gasteiger partial charge on any atom is 0.0123 e. The summed E-state index contributed by atoms with van der Waals surface area (Å²) in [4.78, 5) is 2.71. The lowest BCUT2D eigenvalue weighted by atomic mass is 9.92. The summed E-state index contributed by atoms with van der Waals surface area (Å²) in [6.07, 6.45) is 14.7. The summed E-state index contributed by atoms with van der Waals surface area (Å²) >= 11 is 0. The second kappa shape index (κ2) is 4.84. The van der Waals surface area contributed by atoms with Crippen LogP contribution in [0.5, 0.6) is 0 Å². The van der Waals surface area contributed by atoms with Gasteiger partial charge in [0.25, 0.3) is 0 Å². The quantitative estimate of drug-likeness (QED) is 0.489. The van der Waals surface area contributed by atoms with E-state index in [2.05, 4.69) is 10.8 Å². The zero-order valence-electron chi connectivity index (χ0n) is 9.04. The topological polar surface area (TPSA) is 3.24 Å². The van der Waals surface area contributed by atoms with Gasteiger partial charge in [-0.05, 0) is 51.1 Å². The van der Waals surface area contributed by atoms with E-state index < -0.39 is 0 Å². The molecule has 1 heteroatoms. The van der Waals surface area contributed by atoms with Crippen molar-refractivity contribution < 1.29 is 0 Å². The molecule has 1 heterocycles. The number of terminal acetylenes is 1. The van der Waals surface area contributed by atoms with E-state index in [-0.39, 0.29) is 0 Å². The molecule has 1 aliphatic carbocycles. The molecule has 2 rings (SSSR count). The third-order valence-electron chi connectivity index (χ3n) is 3.87. The van der Waals surface area contributed by atoms with Gasteiger partial charge in [0, 0.05) is 12.5 Å². The highest BCUT2D eigenvalue weighted by Gasteiger charge is 2.34. The lowest BCUT2D eigenvalue weighted by molar-refractivity contribution is 0.112. The number of hydrogen-bond donors (Lipinski definition) is 0. The third kappa shape index (κ3) is 2.12. The zero-order valence-corrected chi connectivity index (χ0v) is 9.04. The van der Waals surface area contributed by atoms with Gasteiger partial charge in [-0.1, -0.05) is 6.42 Å². The minimum atomic E-state index is 0.918. The number of fused-ring (bicyclic) bond motifs is 1. The first-order valence-electron chi connectivity index (χ1n) is 6.09. The van der Waals surface area contributed by atoms with E-state index in [1.165, 1.54) is 51.6 Å². The molecule has 2 fully saturated rings. The van der Waals surface area contributed by atoms with Crippen LogP contribution in [0, 0.1) is 18.3 Å². The SMILES string of the molecule is C#CCCCN1CCCC2CCCC21. The number of piperidine rings is 1. The first-order valence-corrected chi connectivity index (χ1v) is 6.09. The summed E-state index contributed by atoms with van der Waals surface area (Å²) in [7, 11) is 0. The molecule has 14 heavy (non-hydrogen) atoms. The van der Waals surface area contributed by atoms with Crippen molar-refractivity contribution in [2.45, 2.75) is 51.0 Å². The molecule has 0 amide bonds. The van der Waals surface area contributed by atoms with Crippen LogP contribution in [0.3, 0.4) is 0 Å². The fourth-order valence-electron chi connectivity index (χ4n) is 3.22. The normalized spacial score (nSPS) is 32.5. The Morgan fingerprint density at radius 2 is 2.07 bits per heavy atom. The van der Waals surface area contributed by atoms with E-state index in [9.17, 15) is 0 Å². The number of rotatable bonds is 3. The van der Waals surface area contributed by atoms with Crippen LogP contribution >= 0.6 is 0 Å². The Bertz CT molecular complexity index is 216. The van der Waals surface area contributed by atoms with Crippen LogP contribution in [-0.2, 0) is 0 Å². The lowest BCUT2D eigenvalue weighted by Crippen LogP contribution is -2.42. The molecule has 2 aliphatic rings. The second-order valence-electron chi connectivity index (χ2n) is 4.74. The molecule has 1 saturated heterocycles. The summed E-state index contributed by atoms with van der Waals surface area (Å²) in [5.41, 5.74) is 0. The molecule has 2 unspecified atom stereocenters. The number of hydrogen-bond acceptors (Lipinski definition) is 1. The Kier molecular flexibility index (Phi) is 3.48. The predicted molar refractivity (Wildman–Crippen MR) is 60.0 cm³/mol. The fraction of sp³-hybridized carbons (Fsp3) is 0.846. The van der Waals surface area contributed by atoms with Crippen molar-refractivity contribution in [2.75, 3.05) is 13.1 Å². The van der Waals surface area contributed by atoms with Gasteiger partial charge in [-0.25, -0.2) is 0 Å². The molecule has 1 nitrogen and oxygen atoms in total. The highest BCUT2D eigenvalue weighted by molar-refractivity contribution is 4.90. The van der Waals surface area contributed by atoms with Crippen LogP contribution in [0.25, 0.3) is 0 Å². The number of likely N-dealkylation sites (tertiary alicyclic amines) is 1. The van der Waals surface area contributed by atoms with Gasteiger partial charge < -0.3 is 4.90 Å². The minimum Gasteiger partial charge on any atom is -0.300 e. The zero-order chi connectivity index (χ0) is 9.80. The van der Waals surface area contributed by atoms with Crippen LogP contribution in [0.4, 0.5) is 0 Å². The first-order chi connectivity index (χ1) is 6.92. The predicted octanol–water partition coefficient (Wildman–Crippen LogP) is 2.66. The van der Waals surface area contributed by atoms with Crippen molar-refractivity contribution in [1.82, 2.24) is 4.90 Å². The van der Waals surface area contributed by atoms with Crippen molar-refractivity contribution >= 4 is 0 Å². The molecule has 0 radical (unpaired) electrons. The monoisotopic (exact) mass is 191 g/mol. The van der Waals surface area contributed by atoms with Crippen molar-refractivity contribution in [3.63, 3.8) is 0 Å². The van der Waals surface area contributed by atoms with Crippen LogP contribution in [0.1, 0.15) is 44.9 Å². The lowest BCUT2D eigenvalue weighted by Gasteiger charge is -2.37. The molecule has 2 atom stereocenters. The fourth-order valence-corrected chi connectivity index (χ4v) is 3.22. The molecule has 0 N–H and O–H groups in total. The largest absolute Gasteiger partial charge is 0.300 e. The molecule has 0 aromatic rings. The van der Waals surface area contributed by atoms with Gasteiger partial charge in [0.15, 0.2) is 0 Å². The Morgan fingerprint density at radius 1 is 1.21 bits per heavy atom. The highest BCUT2D eigenvalue weighted by Crippen LogP contribution is 2.36. The van der Waals surface area contributed by atoms with Gasteiger partial charge in [0.05, 0.1) is 0 Å². The first kappa shape index (κ1) is 10.1. The van der Waals surface area contributed by atoms with Crippen molar-refractivity contribution in [3.8, 4) is 12.3 Å². The molecule has 1 saturated carbocycles. The highest BCUT2D eigenvalue weighted by atomic mass is 15.2. The smallest absolute Gasteiger partial charge is 0.0123 e. The summed E-state index contributed by atoms with van der Waals surface area (Å²) in [6.45, 7) is 2.57. The molecule has 0 aromatic carbocycles. The number of nitrogens with zero attached hydrogens (tertiary/aromatic N) is 1. The summed E-state index contributed by atoms with van der Waals surface area (Å²) in [5.74, 6) is 3.76. The Morgan fingerprint density at radius 3 is 2.93 bits per heavy atom. The van der Waals surface area contributed by atoms with Crippen LogP contribution < -0.4 is 0 Å². The van der Waals surface area contributed by atoms with Gasteiger partial charge >= 0.3 is 0 Å². The van der Waals surface area contributed by atoms with Gasteiger partial charge in [-0.15, -0.1) is 12.3 Å². The van der Waals surface area contributed by atoms with Crippen LogP contribution in [0.2, 0.25) is 0 Å². The summed E-state index contributed by atoms with van der Waals surface area (Å²) in [6, 6.07) is 0.918. The molecule has 1 aliphatic heterocycles. The van der Waals surface area contributed by atoms with Gasteiger partial charge in [0.1, 0.15) is 0 Å². The summed E-state index contributed by atoms with van der Waals surface area (Å²) < 4.78 is 0. The van der Waals surface area contributed by atoms with E-state index in [1.54, 1.807) is 0 Å². The molecular formula is C13H21N. The van der Waals surface area contributed by atoms with E-state index in [0.717, 1.165) is 18.4 Å². The Labute approximate surface area is 87.9 Å². The van der Waals surface area contributed by atoms with E-state index in [4.69, 9.17) is 6.42 Å². The number of unbranched alkanes of at least 4 members (excludes halogenated alkanes) is 1. The van der Waals surface area contributed by atoms with E-state index >= 15 is 0 Å². The molecule has 0 bridgehead atoms. The summed E-state index contributed by atoms with van der Waals surface area (Å²) in [5, 5.41) is 0. The molecule has 78 valence electrons. The maximum absolute atomic E-state index is 5.28. The average Bonchev–Trinajstić information content (AvgIpc) is 2.67. The molecular weight excluding hydrogens is 170 g/mol. The maximum atomic E-state index is 5.28. The van der Waals surface area contributed by atoms with Gasteiger partial charge in [-0.3, -0.25) is 0 Å². The second-order valence-corrected chi connectivity index (χ2v) is 4.74. The van der Waals surface area contributed by atoms with E-state index in [1.807, 2.05) is 0 Å². The molecule has 0 spiro atoms. The van der Waals surface area contributed by atoms with Crippen LogP contribution in [-0.4, -0.2) is 24.0 Å². The van der Waals surface area contributed by atoms with Crippen LogP contribution in [0.15, 0.2) is 0 Å². The molecule has 0 aromatic heterocycles. The third-order valence-corrected chi connectivity index (χ3v) is 3.87. The van der Waals surface area contributed by atoms with Crippen molar-refractivity contribution in [2.24, 2.45) is 5.92 Å². The standard InChI is InChI=1S/C13H21N/c1-2-3-4-10-14-11-6-8-12-7-5-9-13(12)14/h1,12-13H,3-11H2. The Hall–Kier alpha value is -0.480. The minimum absolute atomic E-state index is 0.918. The van der Waals surface area contributed by atoms with Gasteiger partial charge in [-0.2, -0.15) is 0 Å². The van der Waals surface area contributed by atoms with Crippen molar-refractivity contribution in [3.05, 3.63) is 0 Å². The van der Waals surface area contributed by atoms with Crippen molar-refractivity contribution in [1.29, 1.82) is 0 Å². The van der Waals surface area contributed by atoms with Gasteiger partial charge in [0.2, 0.25) is 0 Å².